The third kappa shape index (κ3) is 3.65. The summed E-state index contributed by atoms with van der Waals surface area (Å²) in [7, 11) is 0. The van der Waals surface area contributed by atoms with Gasteiger partial charge in [-0.3, -0.25) is 0 Å². The summed E-state index contributed by atoms with van der Waals surface area (Å²) in [6.45, 7) is 2.71. The smallest absolute Gasteiger partial charge is 0.123 e. The molecule has 2 rings (SSSR count). The van der Waals surface area contributed by atoms with Crippen molar-refractivity contribution in [1.29, 1.82) is 0 Å². The summed E-state index contributed by atoms with van der Waals surface area (Å²) in [6.07, 6.45) is 1.82. The van der Waals surface area contributed by atoms with E-state index in [-0.39, 0.29) is 11.7 Å². The van der Waals surface area contributed by atoms with Crippen LogP contribution < -0.4 is 5.73 Å². The van der Waals surface area contributed by atoms with E-state index in [0.29, 0.717) is 6.54 Å². The van der Waals surface area contributed by atoms with Crippen molar-refractivity contribution in [2.45, 2.75) is 25.7 Å². The molecule has 0 spiro atoms. The Morgan fingerprint density at radius 1 is 1.05 bits per heavy atom. The van der Waals surface area contributed by atoms with E-state index in [0.717, 1.165) is 18.4 Å². The minimum absolute atomic E-state index is 0.186. The van der Waals surface area contributed by atoms with Crippen LogP contribution in [0.1, 0.15) is 29.5 Å². The highest BCUT2D eigenvalue weighted by Crippen LogP contribution is 2.21. The van der Waals surface area contributed by atoms with Crippen molar-refractivity contribution in [3.05, 3.63) is 71.0 Å². The van der Waals surface area contributed by atoms with E-state index >= 15 is 0 Å². The minimum atomic E-state index is -0.186. The summed E-state index contributed by atoms with van der Waals surface area (Å²) in [5.74, 6) is 0.0577. The van der Waals surface area contributed by atoms with Crippen molar-refractivity contribution in [3.63, 3.8) is 0 Å². The van der Waals surface area contributed by atoms with Gasteiger partial charge in [0.1, 0.15) is 5.82 Å². The van der Waals surface area contributed by atoms with Crippen LogP contribution in [0.4, 0.5) is 4.39 Å². The third-order valence-electron chi connectivity index (χ3n) is 3.52. The lowest BCUT2D eigenvalue weighted by Crippen LogP contribution is -2.15. The van der Waals surface area contributed by atoms with E-state index in [2.05, 4.69) is 31.2 Å². The Morgan fingerprint density at radius 3 is 2.37 bits per heavy atom. The molecule has 2 aromatic rings. The molecule has 1 nitrogen and oxygen atoms in total. The van der Waals surface area contributed by atoms with Gasteiger partial charge in [-0.15, -0.1) is 0 Å². The molecule has 0 bridgehead atoms. The van der Waals surface area contributed by atoms with Crippen LogP contribution in [-0.4, -0.2) is 6.54 Å². The normalized spacial score (nSPS) is 12.4. The molecule has 0 aliphatic heterocycles. The van der Waals surface area contributed by atoms with E-state index in [9.17, 15) is 4.39 Å². The lowest BCUT2D eigenvalue weighted by atomic mass is 9.91. The van der Waals surface area contributed by atoms with E-state index < -0.39 is 0 Å². The predicted molar refractivity (Wildman–Crippen MR) is 77.7 cm³/mol. The number of aryl methyl sites for hydroxylation is 1. The van der Waals surface area contributed by atoms with Crippen LogP contribution in [0.3, 0.4) is 0 Å². The molecule has 0 amide bonds. The number of hydrogen-bond acceptors (Lipinski definition) is 1. The van der Waals surface area contributed by atoms with Crippen molar-refractivity contribution in [1.82, 2.24) is 0 Å². The Labute approximate surface area is 114 Å². The fraction of sp³-hybridized carbons (Fsp3) is 0.294. The molecule has 0 aromatic heterocycles. The maximum absolute atomic E-state index is 13.2. The summed E-state index contributed by atoms with van der Waals surface area (Å²) in [4.78, 5) is 0. The van der Waals surface area contributed by atoms with Gasteiger partial charge in [-0.1, -0.05) is 43.3 Å². The van der Waals surface area contributed by atoms with Crippen molar-refractivity contribution >= 4 is 0 Å². The van der Waals surface area contributed by atoms with Gasteiger partial charge in [0, 0.05) is 5.92 Å². The molecule has 100 valence electrons. The zero-order valence-electron chi connectivity index (χ0n) is 11.3. The van der Waals surface area contributed by atoms with Gasteiger partial charge < -0.3 is 5.73 Å². The number of nitrogens with two attached hydrogens (primary N) is 1. The summed E-state index contributed by atoms with van der Waals surface area (Å²) < 4.78 is 13.2. The zero-order chi connectivity index (χ0) is 13.7. The molecule has 19 heavy (non-hydrogen) atoms. The first-order chi connectivity index (χ1) is 9.22. The van der Waals surface area contributed by atoms with Gasteiger partial charge in [0.25, 0.3) is 0 Å². The predicted octanol–water partition coefficient (Wildman–Crippen LogP) is 3.67. The van der Waals surface area contributed by atoms with Gasteiger partial charge in [-0.2, -0.15) is 0 Å². The third-order valence-corrected chi connectivity index (χ3v) is 3.52. The summed E-state index contributed by atoms with van der Waals surface area (Å²) in [5, 5.41) is 0. The monoisotopic (exact) mass is 257 g/mol. The molecule has 0 saturated heterocycles. The van der Waals surface area contributed by atoms with Gasteiger partial charge in [0.2, 0.25) is 0 Å². The Kier molecular flexibility index (Phi) is 4.69. The van der Waals surface area contributed by atoms with E-state index in [1.54, 1.807) is 12.1 Å². The summed E-state index contributed by atoms with van der Waals surface area (Å²) >= 11 is 0. The first-order valence-electron chi connectivity index (χ1n) is 6.76. The molecule has 0 fully saturated rings. The van der Waals surface area contributed by atoms with Gasteiger partial charge in [0.05, 0.1) is 0 Å². The lowest BCUT2D eigenvalue weighted by Gasteiger charge is -2.16. The lowest BCUT2D eigenvalue weighted by molar-refractivity contribution is 0.621. The Hall–Kier alpha value is -1.67. The van der Waals surface area contributed by atoms with Crippen LogP contribution in [0.5, 0.6) is 0 Å². The summed E-state index contributed by atoms with van der Waals surface area (Å²) in [5.41, 5.74) is 9.41. The average molecular weight is 257 g/mol. The minimum Gasteiger partial charge on any atom is -0.330 e. The quantitative estimate of drug-likeness (QED) is 0.869. The van der Waals surface area contributed by atoms with Crippen molar-refractivity contribution in [3.8, 4) is 0 Å². The topological polar surface area (TPSA) is 26.0 Å². The Morgan fingerprint density at radius 2 is 1.79 bits per heavy atom. The fourth-order valence-corrected chi connectivity index (χ4v) is 2.31. The van der Waals surface area contributed by atoms with Gasteiger partial charge in [-0.05, 0) is 48.2 Å². The first-order valence-corrected chi connectivity index (χ1v) is 6.76. The average Bonchev–Trinajstić information content (AvgIpc) is 2.45. The standard InChI is InChI=1S/C17H20FN/c1-2-13-6-8-15(9-7-13)16(12-19)10-14-4-3-5-17(18)11-14/h3-9,11,16H,2,10,12,19H2,1H3. The van der Waals surface area contributed by atoms with Gasteiger partial charge in [-0.25, -0.2) is 4.39 Å². The fourth-order valence-electron chi connectivity index (χ4n) is 2.31. The number of hydrogen-bond donors (Lipinski definition) is 1. The molecular weight excluding hydrogens is 237 g/mol. The SMILES string of the molecule is CCc1ccc(C(CN)Cc2cccc(F)c2)cc1. The zero-order valence-corrected chi connectivity index (χ0v) is 11.3. The Bertz CT molecular complexity index is 519. The van der Waals surface area contributed by atoms with Crippen LogP contribution in [0, 0.1) is 5.82 Å². The molecule has 0 aliphatic carbocycles. The number of rotatable bonds is 5. The van der Waals surface area contributed by atoms with Crippen molar-refractivity contribution in [2.75, 3.05) is 6.54 Å². The molecule has 0 radical (unpaired) electrons. The molecule has 0 aliphatic rings. The molecular formula is C17H20FN. The number of benzene rings is 2. The van der Waals surface area contributed by atoms with Crippen LogP contribution in [0.15, 0.2) is 48.5 Å². The highest BCUT2D eigenvalue weighted by atomic mass is 19.1. The highest BCUT2D eigenvalue weighted by Gasteiger charge is 2.11. The van der Waals surface area contributed by atoms with Crippen LogP contribution in [-0.2, 0) is 12.8 Å². The maximum atomic E-state index is 13.2. The molecule has 1 unspecified atom stereocenters. The second-order valence-electron chi connectivity index (χ2n) is 4.86. The van der Waals surface area contributed by atoms with Crippen LogP contribution >= 0.6 is 0 Å². The second kappa shape index (κ2) is 6.48. The Balaban J connectivity index is 2.15. The van der Waals surface area contributed by atoms with Gasteiger partial charge >= 0.3 is 0 Å². The summed E-state index contributed by atoms with van der Waals surface area (Å²) in [6, 6.07) is 15.3. The second-order valence-corrected chi connectivity index (χ2v) is 4.86. The van der Waals surface area contributed by atoms with E-state index in [1.807, 2.05) is 6.07 Å². The van der Waals surface area contributed by atoms with Crippen LogP contribution in [0.2, 0.25) is 0 Å². The van der Waals surface area contributed by atoms with Crippen molar-refractivity contribution < 1.29 is 4.39 Å². The molecule has 2 N–H and O–H groups in total. The number of halogens is 1. The molecule has 2 heteroatoms. The highest BCUT2D eigenvalue weighted by molar-refractivity contribution is 5.28. The molecule has 0 saturated carbocycles. The van der Waals surface area contributed by atoms with Gasteiger partial charge in [0.15, 0.2) is 0 Å². The molecule has 0 heterocycles. The largest absolute Gasteiger partial charge is 0.330 e. The van der Waals surface area contributed by atoms with E-state index in [4.69, 9.17) is 5.73 Å². The van der Waals surface area contributed by atoms with E-state index in [1.165, 1.54) is 17.2 Å². The molecule has 1 atom stereocenters. The van der Waals surface area contributed by atoms with Crippen LogP contribution in [0.25, 0.3) is 0 Å². The first kappa shape index (κ1) is 13.8. The molecule has 2 aromatic carbocycles. The maximum Gasteiger partial charge on any atom is 0.123 e. The van der Waals surface area contributed by atoms with Crippen molar-refractivity contribution in [2.24, 2.45) is 5.73 Å².